The van der Waals surface area contributed by atoms with Gasteiger partial charge in [-0.2, -0.15) is 0 Å². The molecule has 0 saturated carbocycles. The zero-order chi connectivity index (χ0) is 22.5. The van der Waals surface area contributed by atoms with Crippen LogP contribution in [0.15, 0.2) is 60.8 Å². The number of carbonyl (C=O) groups is 4. The molecular formula is C23H24N3NaO5. The minimum atomic E-state index is -1.34. The normalized spacial score (nSPS) is 16.2. The van der Waals surface area contributed by atoms with Gasteiger partial charge in [0.05, 0.1) is 12.5 Å². The van der Waals surface area contributed by atoms with Crippen LogP contribution in [0.2, 0.25) is 0 Å². The van der Waals surface area contributed by atoms with Gasteiger partial charge in [-0.05, 0) is 29.2 Å². The number of hydrogen-bond acceptors (Lipinski definition) is 4. The summed E-state index contributed by atoms with van der Waals surface area (Å²) in [5.74, 6) is -2.21. The maximum Gasteiger partial charge on any atom is 1.00 e. The van der Waals surface area contributed by atoms with Gasteiger partial charge in [0.25, 0.3) is 5.91 Å². The number of carboxylic acids is 1. The Hall–Kier alpha value is -2.94. The molecule has 0 aromatic heterocycles. The average molecular weight is 445 g/mol. The van der Waals surface area contributed by atoms with Crippen LogP contribution in [0.4, 0.5) is 4.79 Å². The average Bonchev–Trinajstić information content (AvgIpc) is 2.74. The predicted octanol–water partition coefficient (Wildman–Crippen LogP) is -0.483. The van der Waals surface area contributed by atoms with E-state index >= 15 is 0 Å². The van der Waals surface area contributed by atoms with Crippen LogP contribution in [-0.4, -0.2) is 46.8 Å². The Morgan fingerprint density at radius 3 is 2.41 bits per heavy atom. The summed E-state index contributed by atoms with van der Waals surface area (Å²) < 4.78 is 0. The Morgan fingerprint density at radius 2 is 1.78 bits per heavy atom. The smallest absolute Gasteiger partial charge is 1.00 e. The van der Waals surface area contributed by atoms with Gasteiger partial charge >= 0.3 is 41.6 Å². The van der Waals surface area contributed by atoms with E-state index < -0.39 is 35.8 Å². The molecule has 3 rings (SSSR count). The molecule has 1 heterocycles. The Bertz CT molecular complexity index is 1060. The van der Waals surface area contributed by atoms with Crippen LogP contribution >= 0.6 is 0 Å². The monoisotopic (exact) mass is 445 g/mol. The number of aryl methyl sites for hydroxylation is 1. The molecule has 1 unspecified atom stereocenters. The van der Waals surface area contributed by atoms with Crippen LogP contribution in [0, 0.1) is 6.92 Å². The van der Waals surface area contributed by atoms with E-state index in [1.54, 1.807) is 12.1 Å². The largest absolute Gasteiger partial charge is 1.00 e. The minimum Gasteiger partial charge on any atom is -1.00 e. The van der Waals surface area contributed by atoms with Crippen molar-refractivity contribution in [1.82, 2.24) is 15.5 Å². The second kappa shape index (κ2) is 11.1. The molecule has 0 saturated heterocycles. The third kappa shape index (κ3) is 6.06. The van der Waals surface area contributed by atoms with Crippen molar-refractivity contribution < 1.29 is 55.3 Å². The third-order valence-electron chi connectivity index (χ3n) is 5.07. The van der Waals surface area contributed by atoms with E-state index in [2.05, 4.69) is 10.6 Å². The van der Waals surface area contributed by atoms with Gasteiger partial charge in [-0.15, -0.1) is 0 Å². The number of rotatable bonds is 6. The molecule has 162 valence electrons. The first-order valence-electron chi connectivity index (χ1n) is 9.70. The van der Waals surface area contributed by atoms with Gasteiger partial charge in [-0.1, -0.05) is 48.5 Å². The predicted molar refractivity (Wildman–Crippen MR) is 115 cm³/mol. The molecule has 3 amide bonds. The number of carbonyl (C=O) groups excluding carboxylic acids is 3. The van der Waals surface area contributed by atoms with E-state index in [-0.39, 0.29) is 37.4 Å². The first kappa shape index (κ1) is 25.3. The van der Waals surface area contributed by atoms with Crippen molar-refractivity contribution in [1.29, 1.82) is 0 Å². The third-order valence-corrected chi connectivity index (χ3v) is 5.07. The molecule has 0 radical (unpaired) electrons. The Morgan fingerprint density at radius 1 is 1.12 bits per heavy atom. The number of nitrogens with zero attached hydrogens (tertiary/aromatic N) is 1. The molecule has 2 aromatic carbocycles. The van der Waals surface area contributed by atoms with E-state index in [1.807, 2.05) is 43.3 Å². The van der Waals surface area contributed by atoms with Crippen molar-refractivity contribution in [3.8, 4) is 11.1 Å². The zero-order valence-corrected chi connectivity index (χ0v) is 20.2. The summed E-state index contributed by atoms with van der Waals surface area (Å²) in [5.41, 5.74) is 3.72. The summed E-state index contributed by atoms with van der Waals surface area (Å²) in [6.45, 7) is 2.00. The fourth-order valence-electron chi connectivity index (χ4n) is 3.36. The van der Waals surface area contributed by atoms with Gasteiger partial charge in [0.1, 0.15) is 0 Å². The Balaban J connectivity index is 0.00000272. The van der Waals surface area contributed by atoms with Crippen LogP contribution in [0.1, 0.15) is 25.0 Å². The molecule has 2 atom stereocenters. The Labute approximate surface area is 209 Å². The molecule has 0 aliphatic carbocycles. The summed E-state index contributed by atoms with van der Waals surface area (Å²) in [4.78, 5) is 49.1. The summed E-state index contributed by atoms with van der Waals surface area (Å²) in [6.07, 6.45) is 2.17. The van der Waals surface area contributed by atoms with Crippen LogP contribution in [-0.2, 0) is 14.4 Å². The molecule has 1 aliphatic heterocycles. The summed E-state index contributed by atoms with van der Waals surface area (Å²) in [7, 11) is 1.47. The van der Waals surface area contributed by atoms with Gasteiger partial charge in [-0.25, -0.2) is 4.79 Å². The molecule has 0 bridgehead atoms. The number of benzene rings is 2. The standard InChI is InChI=1S/C23H23N3O5.Na.H/c1-14-5-3-4-6-17(14)15-7-9-16(10-8-15)18(13-20(28)29)24-23(31)25-21-19(27)11-12-26(2)22(21)30;;/h3-12,18,21H,13H2,1-2H3,(H,28,29)(H2,24,25,31);;/q;+1;-1/t18-,21?;;/m0../s1. The van der Waals surface area contributed by atoms with E-state index in [4.69, 9.17) is 0 Å². The van der Waals surface area contributed by atoms with Gasteiger partial charge in [0.15, 0.2) is 11.8 Å². The fraction of sp³-hybridized carbons (Fsp3) is 0.217. The quantitative estimate of drug-likeness (QED) is 0.410. The summed E-state index contributed by atoms with van der Waals surface area (Å²) >= 11 is 0. The van der Waals surface area contributed by atoms with Crippen molar-refractivity contribution in [2.75, 3.05) is 7.05 Å². The minimum absolute atomic E-state index is 0. The number of urea groups is 1. The maximum absolute atomic E-state index is 12.4. The maximum atomic E-state index is 12.4. The van der Waals surface area contributed by atoms with Crippen molar-refractivity contribution in [2.45, 2.75) is 25.4 Å². The number of likely N-dealkylation sites (N-methyl/N-ethyl adjacent to an activating group) is 1. The van der Waals surface area contributed by atoms with Crippen molar-refractivity contribution in [3.05, 3.63) is 71.9 Å². The molecule has 32 heavy (non-hydrogen) atoms. The van der Waals surface area contributed by atoms with Gasteiger partial charge < -0.3 is 22.1 Å². The molecule has 9 heteroatoms. The fourth-order valence-corrected chi connectivity index (χ4v) is 3.36. The molecule has 0 fully saturated rings. The van der Waals surface area contributed by atoms with E-state index in [0.717, 1.165) is 16.7 Å². The molecular weight excluding hydrogens is 421 g/mol. The van der Waals surface area contributed by atoms with Crippen LogP contribution in [0.25, 0.3) is 11.1 Å². The number of amides is 3. The van der Waals surface area contributed by atoms with Crippen LogP contribution in [0.3, 0.4) is 0 Å². The van der Waals surface area contributed by atoms with E-state index in [0.29, 0.717) is 5.56 Å². The van der Waals surface area contributed by atoms with Gasteiger partial charge in [0, 0.05) is 19.3 Å². The van der Waals surface area contributed by atoms with Gasteiger partial charge in [0.2, 0.25) is 0 Å². The number of ketones is 1. The number of carboxylic acid groups (broad SMARTS) is 1. The first-order chi connectivity index (χ1) is 14.8. The summed E-state index contributed by atoms with van der Waals surface area (Å²) in [5, 5.41) is 14.2. The number of nitrogens with one attached hydrogen (secondary N) is 2. The SMILES string of the molecule is Cc1ccccc1-c1ccc([C@H](CC(=O)O)NC(=O)NC2C(=O)C=CN(C)C2=O)cc1.[H-].[Na+]. The van der Waals surface area contributed by atoms with E-state index in [1.165, 1.54) is 24.2 Å². The Kier molecular flexibility index (Phi) is 8.77. The second-order valence-corrected chi connectivity index (χ2v) is 7.31. The molecule has 1 aliphatic rings. The first-order valence-corrected chi connectivity index (χ1v) is 9.70. The van der Waals surface area contributed by atoms with E-state index in [9.17, 15) is 24.3 Å². The van der Waals surface area contributed by atoms with Crippen LogP contribution in [0.5, 0.6) is 0 Å². The molecule has 8 nitrogen and oxygen atoms in total. The number of aliphatic carboxylic acids is 1. The molecule has 0 spiro atoms. The van der Waals surface area contributed by atoms with Crippen molar-refractivity contribution in [3.63, 3.8) is 0 Å². The van der Waals surface area contributed by atoms with Gasteiger partial charge in [-0.3, -0.25) is 14.4 Å². The number of hydrogen-bond donors (Lipinski definition) is 3. The zero-order valence-electron chi connectivity index (χ0n) is 19.2. The molecule has 2 aromatic rings. The second-order valence-electron chi connectivity index (χ2n) is 7.31. The topological polar surface area (TPSA) is 116 Å². The molecule has 3 N–H and O–H groups in total. The van der Waals surface area contributed by atoms with Crippen molar-refractivity contribution >= 4 is 23.7 Å². The van der Waals surface area contributed by atoms with Crippen molar-refractivity contribution in [2.24, 2.45) is 0 Å². The summed E-state index contributed by atoms with van der Waals surface area (Å²) in [6, 6.07) is 12.1. The van der Waals surface area contributed by atoms with Crippen LogP contribution < -0.4 is 40.2 Å².